The maximum atomic E-state index is 12.0. The molecule has 0 radical (unpaired) electrons. The van der Waals surface area contributed by atoms with Crippen molar-refractivity contribution in [3.05, 3.63) is 65.5 Å². The predicted octanol–water partition coefficient (Wildman–Crippen LogP) is 2.60. The molecule has 1 aromatic heterocycles. The van der Waals surface area contributed by atoms with Crippen molar-refractivity contribution >= 4 is 22.9 Å². The minimum absolute atomic E-state index is 0.0440. The Kier molecular flexibility index (Phi) is 5.09. The number of rotatable bonds is 6. The van der Waals surface area contributed by atoms with Crippen LogP contribution in [0.25, 0.3) is 11.0 Å². The third-order valence-electron chi connectivity index (χ3n) is 3.89. The van der Waals surface area contributed by atoms with Crippen LogP contribution in [0.4, 0.5) is 0 Å². The number of benzene rings is 2. The molecule has 0 unspecified atom stereocenters. The number of hydrogen-bond donors (Lipinski definition) is 2. The molecular formula is C19H19N3O3. The van der Waals surface area contributed by atoms with E-state index < -0.39 is 0 Å². The Hall–Kier alpha value is -3.15. The summed E-state index contributed by atoms with van der Waals surface area (Å²) in [4.78, 5) is 31.0. The number of esters is 1. The number of fused-ring (bicyclic) bond motifs is 1. The number of carbonyl (C=O) groups is 2. The topological polar surface area (TPSA) is 84.1 Å². The van der Waals surface area contributed by atoms with E-state index in [-0.39, 0.29) is 11.9 Å². The lowest BCUT2D eigenvalue weighted by Crippen LogP contribution is -2.23. The van der Waals surface area contributed by atoms with Crippen molar-refractivity contribution in [3.8, 4) is 0 Å². The molecule has 1 heterocycles. The Morgan fingerprint density at radius 1 is 1.12 bits per heavy atom. The Balaban J connectivity index is 1.48. The number of aryl methyl sites for hydroxylation is 1. The SMILES string of the molecule is COC(=O)c1ccc(CNC(=O)CCc2nc3ccccc3[nH]2)cc1. The third kappa shape index (κ3) is 4.23. The molecule has 6 heteroatoms. The molecule has 6 nitrogen and oxygen atoms in total. The number of hydrogen-bond acceptors (Lipinski definition) is 4. The largest absolute Gasteiger partial charge is 0.465 e. The van der Waals surface area contributed by atoms with Gasteiger partial charge in [-0.15, -0.1) is 0 Å². The van der Waals surface area contributed by atoms with Crippen molar-refractivity contribution in [2.24, 2.45) is 0 Å². The summed E-state index contributed by atoms with van der Waals surface area (Å²) in [5.41, 5.74) is 3.29. The smallest absolute Gasteiger partial charge is 0.337 e. The second kappa shape index (κ2) is 7.61. The van der Waals surface area contributed by atoms with Crippen molar-refractivity contribution in [2.75, 3.05) is 7.11 Å². The molecule has 3 aromatic rings. The second-order valence-corrected chi connectivity index (χ2v) is 5.67. The summed E-state index contributed by atoms with van der Waals surface area (Å²) in [6.07, 6.45) is 0.919. The zero-order chi connectivity index (χ0) is 17.6. The lowest BCUT2D eigenvalue weighted by molar-refractivity contribution is -0.121. The first-order valence-corrected chi connectivity index (χ1v) is 8.03. The Morgan fingerprint density at radius 3 is 2.60 bits per heavy atom. The molecule has 0 spiro atoms. The molecule has 3 rings (SSSR count). The first-order chi connectivity index (χ1) is 12.2. The molecule has 2 N–H and O–H groups in total. The summed E-state index contributed by atoms with van der Waals surface area (Å²) in [6, 6.07) is 14.7. The van der Waals surface area contributed by atoms with Crippen LogP contribution in [0, 0.1) is 0 Å². The summed E-state index contributed by atoms with van der Waals surface area (Å²) in [7, 11) is 1.35. The fraction of sp³-hybridized carbons (Fsp3) is 0.211. The monoisotopic (exact) mass is 337 g/mol. The van der Waals surface area contributed by atoms with Gasteiger partial charge in [-0.05, 0) is 29.8 Å². The molecule has 0 aliphatic rings. The molecule has 1 amide bonds. The number of aromatic amines is 1. The van der Waals surface area contributed by atoms with E-state index in [1.807, 2.05) is 24.3 Å². The van der Waals surface area contributed by atoms with Gasteiger partial charge in [-0.1, -0.05) is 24.3 Å². The van der Waals surface area contributed by atoms with E-state index >= 15 is 0 Å². The number of imidazole rings is 1. The van der Waals surface area contributed by atoms with Crippen molar-refractivity contribution in [2.45, 2.75) is 19.4 Å². The zero-order valence-electron chi connectivity index (χ0n) is 13.9. The number of carbonyl (C=O) groups excluding carboxylic acids is 2. The van der Waals surface area contributed by atoms with E-state index in [4.69, 9.17) is 0 Å². The maximum Gasteiger partial charge on any atom is 0.337 e. The third-order valence-corrected chi connectivity index (χ3v) is 3.89. The van der Waals surface area contributed by atoms with E-state index in [9.17, 15) is 9.59 Å². The van der Waals surface area contributed by atoms with Crippen LogP contribution >= 0.6 is 0 Å². The quantitative estimate of drug-likeness (QED) is 0.677. The van der Waals surface area contributed by atoms with Gasteiger partial charge >= 0.3 is 5.97 Å². The normalized spacial score (nSPS) is 10.6. The van der Waals surface area contributed by atoms with Crippen LogP contribution in [0.5, 0.6) is 0 Å². The number of amides is 1. The average molecular weight is 337 g/mol. The number of methoxy groups -OCH3 is 1. The standard InChI is InChI=1S/C19H19N3O3/c1-25-19(24)14-8-6-13(7-9-14)12-20-18(23)11-10-17-21-15-4-2-3-5-16(15)22-17/h2-9H,10-12H2,1H3,(H,20,23)(H,21,22). The summed E-state index contributed by atoms with van der Waals surface area (Å²) in [6.45, 7) is 0.417. The Labute approximate surface area is 145 Å². The molecule has 0 saturated carbocycles. The molecule has 0 aliphatic carbocycles. The minimum Gasteiger partial charge on any atom is -0.465 e. The van der Waals surface area contributed by atoms with Crippen molar-refractivity contribution in [1.82, 2.24) is 15.3 Å². The van der Waals surface area contributed by atoms with Gasteiger partial charge < -0.3 is 15.0 Å². The molecule has 0 saturated heterocycles. The zero-order valence-corrected chi connectivity index (χ0v) is 13.9. The van der Waals surface area contributed by atoms with Crippen LogP contribution in [0.15, 0.2) is 48.5 Å². The molecular weight excluding hydrogens is 318 g/mol. The van der Waals surface area contributed by atoms with Gasteiger partial charge in [-0.2, -0.15) is 0 Å². The van der Waals surface area contributed by atoms with Gasteiger partial charge in [-0.3, -0.25) is 4.79 Å². The van der Waals surface area contributed by atoms with E-state index in [1.54, 1.807) is 24.3 Å². The molecule has 2 aromatic carbocycles. The van der Waals surface area contributed by atoms with Gasteiger partial charge in [0, 0.05) is 19.4 Å². The first-order valence-electron chi connectivity index (χ1n) is 8.03. The van der Waals surface area contributed by atoms with E-state index in [0.717, 1.165) is 22.4 Å². The first kappa shape index (κ1) is 16.7. The van der Waals surface area contributed by atoms with Gasteiger partial charge in [0.25, 0.3) is 0 Å². The van der Waals surface area contributed by atoms with E-state index in [1.165, 1.54) is 7.11 Å². The van der Waals surface area contributed by atoms with Crippen LogP contribution in [0.1, 0.15) is 28.2 Å². The molecule has 0 atom stereocenters. The number of H-pyrrole nitrogens is 1. The molecule has 25 heavy (non-hydrogen) atoms. The van der Waals surface area contributed by atoms with Gasteiger partial charge in [0.05, 0.1) is 23.7 Å². The van der Waals surface area contributed by atoms with Crippen LogP contribution in [-0.4, -0.2) is 29.0 Å². The van der Waals surface area contributed by atoms with Crippen LogP contribution in [0.3, 0.4) is 0 Å². The predicted molar refractivity (Wildman–Crippen MR) is 94.0 cm³/mol. The highest BCUT2D eigenvalue weighted by Crippen LogP contribution is 2.11. The number of nitrogens with one attached hydrogen (secondary N) is 2. The van der Waals surface area contributed by atoms with E-state index in [2.05, 4.69) is 20.0 Å². The molecule has 0 fully saturated rings. The summed E-state index contributed by atoms with van der Waals surface area (Å²) >= 11 is 0. The molecule has 0 aliphatic heterocycles. The van der Waals surface area contributed by atoms with Crippen molar-refractivity contribution in [3.63, 3.8) is 0 Å². The summed E-state index contributed by atoms with van der Waals surface area (Å²) in [5, 5.41) is 2.87. The number of ether oxygens (including phenoxy) is 1. The Bertz CT molecular complexity index is 851. The Morgan fingerprint density at radius 2 is 1.88 bits per heavy atom. The fourth-order valence-corrected chi connectivity index (χ4v) is 2.52. The van der Waals surface area contributed by atoms with Crippen molar-refractivity contribution in [1.29, 1.82) is 0 Å². The highest BCUT2D eigenvalue weighted by Gasteiger charge is 2.07. The molecule has 128 valence electrons. The van der Waals surface area contributed by atoms with Crippen LogP contribution in [-0.2, 0) is 22.5 Å². The van der Waals surface area contributed by atoms with Gasteiger partial charge in [-0.25, -0.2) is 9.78 Å². The van der Waals surface area contributed by atoms with Crippen molar-refractivity contribution < 1.29 is 14.3 Å². The number of aromatic nitrogens is 2. The summed E-state index contributed by atoms with van der Waals surface area (Å²) < 4.78 is 4.65. The number of nitrogens with zero attached hydrogens (tertiary/aromatic N) is 1. The fourth-order valence-electron chi connectivity index (χ4n) is 2.52. The molecule has 0 bridgehead atoms. The van der Waals surface area contributed by atoms with Crippen LogP contribution < -0.4 is 5.32 Å². The second-order valence-electron chi connectivity index (χ2n) is 5.67. The lowest BCUT2D eigenvalue weighted by Gasteiger charge is -2.06. The van der Waals surface area contributed by atoms with Gasteiger partial charge in [0.15, 0.2) is 0 Å². The van der Waals surface area contributed by atoms with E-state index in [0.29, 0.717) is 24.9 Å². The van der Waals surface area contributed by atoms with Gasteiger partial charge in [0.2, 0.25) is 5.91 Å². The minimum atomic E-state index is -0.374. The highest BCUT2D eigenvalue weighted by atomic mass is 16.5. The average Bonchev–Trinajstić information content (AvgIpc) is 3.07. The van der Waals surface area contributed by atoms with Crippen LogP contribution in [0.2, 0.25) is 0 Å². The summed E-state index contributed by atoms with van der Waals surface area (Å²) in [5.74, 6) is 0.387. The van der Waals surface area contributed by atoms with Gasteiger partial charge in [0.1, 0.15) is 5.82 Å². The number of para-hydroxylation sites is 2. The lowest BCUT2D eigenvalue weighted by atomic mass is 10.1. The maximum absolute atomic E-state index is 12.0. The highest BCUT2D eigenvalue weighted by molar-refractivity contribution is 5.89.